The van der Waals surface area contributed by atoms with E-state index in [2.05, 4.69) is 5.00 Å². The largest absolute Gasteiger partial charge is 0.497 e. The van der Waals surface area contributed by atoms with Gasteiger partial charge in [0.05, 0.1) is 13.7 Å². The number of methoxy groups -OCH3 is 1. The van der Waals surface area contributed by atoms with E-state index in [0.29, 0.717) is 6.61 Å². The van der Waals surface area contributed by atoms with E-state index in [4.69, 9.17) is 21.4 Å². The molecule has 1 rings (SSSR count). The molecule has 0 aliphatic rings. The van der Waals surface area contributed by atoms with Gasteiger partial charge in [-0.25, -0.2) is 0 Å². The molecule has 66 valence electrons. The molecule has 0 radical (unpaired) electrons. The average Bonchev–Trinajstić information content (AvgIpc) is 2.15. The lowest BCUT2D eigenvalue weighted by Crippen LogP contribution is -2.00. The van der Waals surface area contributed by atoms with E-state index in [1.165, 1.54) is 0 Å². The Morgan fingerprint density at radius 2 is 2.00 bits per heavy atom. The van der Waals surface area contributed by atoms with Crippen LogP contribution in [0.25, 0.3) is 0 Å². The first-order valence-electron chi connectivity index (χ1n) is 3.47. The fourth-order valence-corrected chi connectivity index (χ4v) is 0.887. The Labute approximate surface area is 76.3 Å². The minimum atomic E-state index is 0.438. The van der Waals surface area contributed by atoms with E-state index < -0.39 is 0 Å². The van der Waals surface area contributed by atoms with Gasteiger partial charge in [0.2, 0.25) is 0 Å². The van der Waals surface area contributed by atoms with Crippen LogP contribution in [0, 0.1) is 0 Å². The van der Waals surface area contributed by atoms with Crippen LogP contribution in [-0.2, 0) is 11.4 Å². The maximum Gasteiger partial charge on any atom is 0.118 e. The molecule has 0 aliphatic heterocycles. The van der Waals surface area contributed by atoms with Crippen LogP contribution in [0.2, 0.25) is 0 Å². The van der Waals surface area contributed by atoms with E-state index in [9.17, 15) is 0 Å². The van der Waals surface area contributed by atoms with E-state index in [1.54, 1.807) is 7.11 Å². The van der Waals surface area contributed by atoms with Crippen molar-refractivity contribution in [1.29, 1.82) is 0 Å². The van der Waals surface area contributed by atoms with Crippen molar-refractivity contribution in [1.82, 2.24) is 5.00 Å². The third kappa shape index (κ3) is 2.70. The molecule has 0 fully saturated rings. The summed E-state index contributed by atoms with van der Waals surface area (Å²) in [6.07, 6.45) is 0. The second-order valence-electron chi connectivity index (χ2n) is 2.21. The first-order chi connectivity index (χ1) is 5.86. The summed E-state index contributed by atoms with van der Waals surface area (Å²) in [5, 5.41) is 0. The smallest absolute Gasteiger partial charge is 0.118 e. The van der Waals surface area contributed by atoms with Gasteiger partial charge in [0.1, 0.15) is 5.75 Å². The number of rotatable bonds is 4. The molecular formula is C8H10ClNO2. The van der Waals surface area contributed by atoms with Gasteiger partial charge in [-0.3, -0.25) is 4.84 Å². The molecular weight excluding hydrogens is 178 g/mol. The Kier molecular flexibility index (Phi) is 3.87. The van der Waals surface area contributed by atoms with Crippen LogP contribution < -0.4 is 9.74 Å². The van der Waals surface area contributed by atoms with Crippen LogP contribution in [-0.4, -0.2) is 7.11 Å². The van der Waals surface area contributed by atoms with Crippen molar-refractivity contribution in [3.05, 3.63) is 29.8 Å². The van der Waals surface area contributed by atoms with Gasteiger partial charge in [0.15, 0.2) is 0 Å². The highest BCUT2D eigenvalue weighted by Crippen LogP contribution is 2.11. The summed E-state index contributed by atoms with van der Waals surface area (Å²) in [4.78, 5) is 6.85. The lowest BCUT2D eigenvalue weighted by atomic mass is 10.2. The molecule has 1 aromatic rings. The van der Waals surface area contributed by atoms with Crippen LogP contribution in [0.5, 0.6) is 5.75 Å². The highest BCUT2D eigenvalue weighted by Gasteiger charge is 1.93. The zero-order valence-corrected chi connectivity index (χ0v) is 7.47. The van der Waals surface area contributed by atoms with Gasteiger partial charge in [0.25, 0.3) is 0 Å². The monoisotopic (exact) mass is 187 g/mol. The summed E-state index contributed by atoms with van der Waals surface area (Å²) < 4.78 is 4.99. The average molecular weight is 188 g/mol. The zero-order chi connectivity index (χ0) is 8.81. The maximum atomic E-state index is 5.11. The molecule has 0 aliphatic carbocycles. The van der Waals surface area contributed by atoms with Crippen molar-refractivity contribution in [2.45, 2.75) is 6.61 Å². The molecule has 0 atom stereocenters. The maximum absolute atomic E-state index is 5.11. The Balaban J connectivity index is 2.53. The van der Waals surface area contributed by atoms with Crippen molar-refractivity contribution in [3.63, 3.8) is 0 Å². The summed E-state index contributed by atoms with van der Waals surface area (Å²) in [6.45, 7) is 0.438. The van der Waals surface area contributed by atoms with Crippen molar-refractivity contribution >= 4 is 11.8 Å². The second kappa shape index (κ2) is 4.98. The van der Waals surface area contributed by atoms with Gasteiger partial charge in [0, 0.05) is 11.8 Å². The molecule has 1 aromatic carbocycles. The van der Waals surface area contributed by atoms with E-state index in [0.717, 1.165) is 11.3 Å². The molecule has 12 heavy (non-hydrogen) atoms. The summed E-state index contributed by atoms with van der Waals surface area (Å²) in [5.41, 5.74) is 1.03. The molecule has 0 spiro atoms. The minimum Gasteiger partial charge on any atom is -0.497 e. The van der Waals surface area contributed by atoms with Crippen LogP contribution in [0.15, 0.2) is 24.3 Å². The predicted octanol–water partition coefficient (Wildman–Crippen LogP) is 1.87. The molecule has 0 unspecified atom stereocenters. The van der Waals surface area contributed by atoms with Crippen LogP contribution >= 0.6 is 11.8 Å². The molecule has 0 bridgehead atoms. The summed E-state index contributed by atoms with van der Waals surface area (Å²) in [5.74, 6) is 0.831. The number of hydrogen-bond donors (Lipinski definition) is 1. The van der Waals surface area contributed by atoms with Gasteiger partial charge < -0.3 is 4.74 Å². The van der Waals surface area contributed by atoms with E-state index in [1.807, 2.05) is 24.3 Å². The fraction of sp³-hybridized carbons (Fsp3) is 0.250. The van der Waals surface area contributed by atoms with E-state index >= 15 is 0 Å². The summed E-state index contributed by atoms with van der Waals surface area (Å²) in [6, 6.07) is 7.56. The number of nitrogens with one attached hydrogen (secondary N) is 1. The van der Waals surface area contributed by atoms with Gasteiger partial charge in [-0.05, 0) is 17.7 Å². The number of hydrogen-bond acceptors (Lipinski definition) is 3. The lowest BCUT2D eigenvalue weighted by molar-refractivity contribution is 0.0817. The predicted molar refractivity (Wildman–Crippen MR) is 46.8 cm³/mol. The van der Waals surface area contributed by atoms with Crippen molar-refractivity contribution in [2.24, 2.45) is 0 Å². The highest BCUT2D eigenvalue weighted by molar-refractivity contribution is 6.12. The van der Waals surface area contributed by atoms with Crippen molar-refractivity contribution < 1.29 is 9.57 Å². The molecule has 0 amide bonds. The first-order valence-corrected chi connectivity index (χ1v) is 3.85. The van der Waals surface area contributed by atoms with Crippen LogP contribution in [0.4, 0.5) is 0 Å². The zero-order valence-electron chi connectivity index (χ0n) is 6.71. The summed E-state index contributed by atoms with van der Waals surface area (Å²) >= 11 is 5.11. The third-order valence-corrected chi connectivity index (χ3v) is 1.56. The Bertz CT molecular complexity index is 225. The minimum absolute atomic E-state index is 0.438. The van der Waals surface area contributed by atoms with Gasteiger partial charge in [-0.2, -0.15) is 0 Å². The van der Waals surface area contributed by atoms with Gasteiger partial charge >= 0.3 is 0 Å². The van der Waals surface area contributed by atoms with E-state index in [-0.39, 0.29) is 0 Å². The molecule has 1 N–H and O–H groups in total. The van der Waals surface area contributed by atoms with Gasteiger partial charge in [-0.15, -0.1) is 5.00 Å². The Hall–Kier alpha value is -0.770. The molecule has 3 nitrogen and oxygen atoms in total. The molecule has 0 saturated carbocycles. The van der Waals surface area contributed by atoms with Gasteiger partial charge in [-0.1, -0.05) is 12.1 Å². The third-order valence-electron chi connectivity index (χ3n) is 1.45. The SMILES string of the molecule is COc1ccc(CONCl)cc1. The Morgan fingerprint density at radius 1 is 1.33 bits per heavy atom. The normalized spacial score (nSPS) is 9.83. The molecule has 4 heteroatoms. The number of halogens is 1. The first kappa shape index (κ1) is 9.32. The fourth-order valence-electron chi connectivity index (χ4n) is 0.832. The number of ether oxygens (including phenoxy) is 1. The highest BCUT2D eigenvalue weighted by atomic mass is 35.5. The summed E-state index contributed by atoms with van der Waals surface area (Å²) in [7, 11) is 1.63. The second-order valence-corrected chi connectivity index (χ2v) is 2.37. The van der Waals surface area contributed by atoms with Crippen LogP contribution in [0.3, 0.4) is 0 Å². The Morgan fingerprint density at radius 3 is 2.50 bits per heavy atom. The number of benzene rings is 1. The quantitative estimate of drug-likeness (QED) is 0.577. The standard InChI is InChI=1S/C8H10ClNO2/c1-11-8-4-2-7(3-5-8)6-12-10-9/h2-5,10H,6H2,1H3. The molecule has 0 aromatic heterocycles. The molecule has 0 saturated heterocycles. The molecule has 0 heterocycles. The lowest BCUT2D eigenvalue weighted by Gasteiger charge is -2.02. The van der Waals surface area contributed by atoms with Crippen molar-refractivity contribution in [2.75, 3.05) is 7.11 Å². The van der Waals surface area contributed by atoms with Crippen molar-refractivity contribution in [3.8, 4) is 5.75 Å². The topological polar surface area (TPSA) is 30.5 Å². The van der Waals surface area contributed by atoms with Crippen LogP contribution in [0.1, 0.15) is 5.56 Å².